The highest BCUT2D eigenvalue weighted by Gasteiger charge is 2.30. The molecular formula is C16H25N. The van der Waals surface area contributed by atoms with E-state index < -0.39 is 0 Å². The fourth-order valence-electron chi connectivity index (χ4n) is 3.04. The number of hydrogen-bond donors (Lipinski definition) is 1. The third-order valence-electron chi connectivity index (χ3n) is 4.35. The summed E-state index contributed by atoms with van der Waals surface area (Å²) in [5, 5.41) is 3.65. The molecule has 1 fully saturated rings. The van der Waals surface area contributed by atoms with Gasteiger partial charge in [0.15, 0.2) is 0 Å². The lowest BCUT2D eigenvalue weighted by Crippen LogP contribution is -2.33. The summed E-state index contributed by atoms with van der Waals surface area (Å²) in [6.07, 6.45) is 5.04. The van der Waals surface area contributed by atoms with E-state index in [0.717, 1.165) is 12.5 Å². The minimum absolute atomic E-state index is 0.210. The summed E-state index contributed by atoms with van der Waals surface area (Å²) in [4.78, 5) is 0. The summed E-state index contributed by atoms with van der Waals surface area (Å²) < 4.78 is 0. The van der Waals surface area contributed by atoms with Crippen molar-refractivity contribution < 1.29 is 0 Å². The molecular weight excluding hydrogens is 206 g/mol. The molecule has 1 heteroatoms. The Morgan fingerprint density at radius 3 is 2.65 bits per heavy atom. The number of benzene rings is 1. The average molecular weight is 231 g/mol. The predicted octanol–water partition coefficient (Wildman–Crippen LogP) is 4.19. The first-order chi connectivity index (χ1) is 8.19. The Morgan fingerprint density at radius 1 is 1.29 bits per heavy atom. The van der Waals surface area contributed by atoms with E-state index in [1.54, 1.807) is 0 Å². The number of rotatable bonds is 4. The lowest BCUT2D eigenvalue weighted by molar-refractivity contribution is 0.433. The van der Waals surface area contributed by atoms with Crippen LogP contribution < -0.4 is 5.32 Å². The van der Waals surface area contributed by atoms with Crippen LogP contribution in [0.3, 0.4) is 0 Å². The van der Waals surface area contributed by atoms with Crippen LogP contribution in [0.25, 0.3) is 0 Å². The Bertz CT molecular complexity index is 360. The Balaban J connectivity index is 2.27. The van der Waals surface area contributed by atoms with Gasteiger partial charge in [-0.25, -0.2) is 0 Å². The molecule has 0 bridgehead atoms. The first-order valence-electron chi connectivity index (χ1n) is 7.05. The molecule has 1 aromatic carbocycles. The molecule has 1 heterocycles. The zero-order valence-corrected chi connectivity index (χ0v) is 11.4. The maximum Gasteiger partial charge on any atom is 0.0406 e. The summed E-state index contributed by atoms with van der Waals surface area (Å²) in [6.45, 7) is 8.07. The zero-order valence-electron chi connectivity index (χ0n) is 11.4. The highest BCUT2D eigenvalue weighted by molar-refractivity contribution is 5.32. The van der Waals surface area contributed by atoms with E-state index in [1.165, 1.54) is 36.8 Å². The van der Waals surface area contributed by atoms with E-state index in [-0.39, 0.29) is 5.54 Å². The van der Waals surface area contributed by atoms with Gasteiger partial charge in [0.05, 0.1) is 0 Å². The molecule has 1 unspecified atom stereocenters. The van der Waals surface area contributed by atoms with Crippen LogP contribution in [0.5, 0.6) is 0 Å². The van der Waals surface area contributed by atoms with Gasteiger partial charge < -0.3 is 5.32 Å². The number of nitrogens with one attached hydrogen (secondary N) is 1. The van der Waals surface area contributed by atoms with Crippen LogP contribution in [0.4, 0.5) is 0 Å². The molecule has 1 nitrogen and oxygen atoms in total. The van der Waals surface area contributed by atoms with Gasteiger partial charge in [-0.3, -0.25) is 0 Å². The van der Waals surface area contributed by atoms with Crippen molar-refractivity contribution in [3.63, 3.8) is 0 Å². The van der Waals surface area contributed by atoms with Crippen molar-refractivity contribution in [2.45, 2.75) is 57.9 Å². The second-order valence-corrected chi connectivity index (χ2v) is 5.50. The fourth-order valence-corrected chi connectivity index (χ4v) is 3.04. The van der Waals surface area contributed by atoms with Crippen molar-refractivity contribution in [1.29, 1.82) is 0 Å². The molecule has 0 saturated carbocycles. The lowest BCUT2D eigenvalue weighted by Gasteiger charge is -2.26. The SMILES string of the molecule is CCC(CC)c1cccc(C2(C)CCCN2)c1. The minimum Gasteiger partial charge on any atom is -0.308 e. The van der Waals surface area contributed by atoms with Crippen LogP contribution in [-0.4, -0.2) is 6.54 Å². The van der Waals surface area contributed by atoms with Crippen LogP contribution in [0.1, 0.15) is 63.5 Å². The molecule has 94 valence electrons. The van der Waals surface area contributed by atoms with E-state index >= 15 is 0 Å². The summed E-state index contributed by atoms with van der Waals surface area (Å²) in [7, 11) is 0. The number of hydrogen-bond acceptors (Lipinski definition) is 1. The standard InChI is InChI=1S/C16H25N/c1-4-13(5-2)14-8-6-9-15(12-14)16(3)10-7-11-17-16/h6,8-9,12-13,17H,4-5,7,10-11H2,1-3H3. The second-order valence-electron chi connectivity index (χ2n) is 5.50. The molecule has 1 N–H and O–H groups in total. The first kappa shape index (κ1) is 12.6. The molecule has 1 atom stereocenters. The zero-order chi connectivity index (χ0) is 12.3. The quantitative estimate of drug-likeness (QED) is 0.819. The van der Waals surface area contributed by atoms with Gasteiger partial charge in [-0.1, -0.05) is 38.1 Å². The van der Waals surface area contributed by atoms with Gasteiger partial charge in [-0.15, -0.1) is 0 Å². The molecule has 0 aromatic heterocycles. The van der Waals surface area contributed by atoms with Gasteiger partial charge in [0.2, 0.25) is 0 Å². The molecule has 0 aliphatic carbocycles. The summed E-state index contributed by atoms with van der Waals surface area (Å²) in [6, 6.07) is 9.23. The van der Waals surface area contributed by atoms with Gasteiger partial charge in [0, 0.05) is 5.54 Å². The summed E-state index contributed by atoms with van der Waals surface area (Å²) in [5.74, 6) is 0.722. The van der Waals surface area contributed by atoms with E-state index in [1.807, 2.05) is 0 Å². The molecule has 17 heavy (non-hydrogen) atoms. The molecule has 0 spiro atoms. The van der Waals surface area contributed by atoms with Gasteiger partial charge in [-0.05, 0) is 56.2 Å². The summed E-state index contributed by atoms with van der Waals surface area (Å²) >= 11 is 0. The molecule has 0 radical (unpaired) electrons. The molecule has 1 aromatic rings. The Morgan fingerprint density at radius 2 is 2.06 bits per heavy atom. The van der Waals surface area contributed by atoms with Crippen molar-refractivity contribution in [1.82, 2.24) is 5.32 Å². The molecule has 0 amide bonds. The van der Waals surface area contributed by atoms with Crippen LogP contribution in [-0.2, 0) is 5.54 Å². The van der Waals surface area contributed by atoms with Crippen molar-refractivity contribution in [3.8, 4) is 0 Å². The van der Waals surface area contributed by atoms with E-state index in [2.05, 4.69) is 50.4 Å². The normalized spacial score (nSPS) is 24.5. The third-order valence-corrected chi connectivity index (χ3v) is 4.35. The largest absolute Gasteiger partial charge is 0.308 e. The predicted molar refractivity (Wildman–Crippen MR) is 74.4 cm³/mol. The molecule has 2 rings (SSSR count). The van der Waals surface area contributed by atoms with E-state index in [0.29, 0.717) is 0 Å². The van der Waals surface area contributed by atoms with Gasteiger partial charge >= 0.3 is 0 Å². The molecule has 1 aliphatic rings. The maximum absolute atomic E-state index is 3.65. The Labute approximate surface area is 106 Å². The highest BCUT2D eigenvalue weighted by atomic mass is 15.0. The van der Waals surface area contributed by atoms with Crippen LogP contribution in [0.2, 0.25) is 0 Å². The van der Waals surface area contributed by atoms with Crippen LogP contribution in [0.15, 0.2) is 24.3 Å². The van der Waals surface area contributed by atoms with Gasteiger partial charge in [0.25, 0.3) is 0 Å². The minimum atomic E-state index is 0.210. The second kappa shape index (κ2) is 5.22. The lowest BCUT2D eigenvalue weighted by atomic mass is 9.86. The van der Waals surface area contributed by atoms with Gasteiger partial charge in [-0.2, -0.15) is 0 Å². The van der Waals surface area contributed by atoms with Crippen molar-refractivity contribution in [3.05, 3.63) is 35.4 Å². The Hall–Kier alpha value is -0.820. The highest BCUT2D eigenvalue weighted by Crippen LogP contribution is 2.33. The topological polar surface area (TPSA) is 12.0 Å². The maximum atomic E-state index is 3.65. The molecule has 1 saturated heterocycles. The Kier molecular flexibility index (Phi) is 3.88. The van der Waals surface area contributed by atoms with Crippen molar-refractivity contribution >= 4 is 0 Å². The monoisotopic (exact) mass is 231 g/mol. The van der Waals surface area contributed by atoms with Crippen molar-refractivity contribution in [2.24, 2.45) is 0 Å². The molecule has 1 aliphatic heterocycles. The summed E-state index contributed by atoms with van der Waals surface area (Å²) in [5.41, 5.74) is 3.20. The van der Waals surface area contributed by atoms with Crippen molar-refractivity contribution in [2.75, 3.05) is 6.54 Å². The fraction of sp³-hybridized carbons (Fsp3) is 0.625. The van der Waals surface area contributed by atoms with Crippen LogP contribution >= 0.6 is 0 Å². The average Bonchev–Trinajstić information content (AvgIpc) is 2.80. The first-order valence-corrected chi connectivity index (χ1v) is 7.05. The smallest absolute Gasteiger partial charge is 0.0406 e. The van der Waals surface area contributed by atoms with E-state index in [4.69, 9.17) is 0 Å². The van der Waals surface area contributed by atoms with Crippen LogP contribution in [0, 0.1) is 0 Å². The van der Waals surface area contributed by atoms with Gasteiger partial charge in [0.1, 0.15) is 0 Å². The van der Waals surface area contributed by atoms with E-state index in [9.17, 15) is 0 Å². The third kappa shape index (κ3) is 2.55.